The molecule has 0 amide bonds. The first kappa shape index (κ1) is 14.5. The van der Waals surface area contributed by atoms with E-state index in [2.05, 4.69) is 31.3 Å². The van der Waals surface area contributed by atoms with E-state index in [0.29, 0.717) is 12.0 Å². The maximum absolute atomic E-state index is 10.9. The van der Waals surface area contributed by atoms with E-state index in [9.17, 15) is 4.79 Å². The van der Waals surface area contributed by atoms with Crippen molar-refractivity contribution in [2.24, 2.45) is 11.8 Å². The van der Waals surface area contributed by atoms with Gasteiger partial charge < -0.3 is 10.4 Å². The predicted molar refractivity (Wildman–Crippen MR) is 78.6 cm³/mol. The first-order valence-corrected chi connectivity index (χ1v) is 7.90. The second kappa shape index (κ2) is 6.53. The zero-order chi connectivity index (χ0) is 13.8. The summed E-state index contributed by atoms with van der Waals surface area (Å²) in [5.74, 6) is -0.0819. The number of rotatable bonds is 5. The number of hydrogen-bond acceptors (Lipinski definition) is 3. The van der Waals surface area contributed by atoms with Gasteiger partial charge in [-0.25, -0.2) is 0 Å². The van der Waals surface area contributed by atoms with Crippen LogP contribution in [0, 0.1) is 18.8 Å². The van der Waals surface area contributed by atoms with Crippen LogP contribution in [0.25, 0.3) is 0 Å². The fraction of sp³-hybridized carbons (Fsp3) is 0.667. The first-order chi connectivity index (χ1) is 9.06. The van der Waals surface area contributed by atoms with Gasteiger partial charge in [-0.05, 0) is 64.1 Å². The van der Waals surface area contributed by atoms with Crippen molar-refractivity contribution in [2.75, 3.05) is 6.54 Å². The van der Waals surface area contributed by atoms with Crippen LogP contribution in [0.15, 0.2) is 12.1 Å². The van der Waals surface area contributed by atoms with E-state index < -0.39 is 5.97 Å². The average Bonchev–Trinajstić information content (AvgIpc) is 2.83. The minimum atomic E-state index is -0.617. The standard InChI is InChI=1S/C15H23NO2S/c1-10-3-8-14(19-10)11(2)16-9-12-4-6-13(7-5-12)15(17)18/h3,8,11-13,16H,4-7,9H2,1-2H3,(H,17,18). The summed E-state index contributed by atoms with van der Waals surface area (Å²) in [5, 5.41) is 12.6. The molecule has 1 aromatic rings. The van der Waals surface area contributed by atoms with Crippen molar-refractivity contribution in [1.82, 2.24) is 5.32 Å². The molecule has 0 saturated heterocycles. The number of carbonyl (C=O) groups is 1. The molecule has 1 heterocycles. The molecule has 0 spiro atoms. The zero-order valence-electron chi connectivity index (χ0n) is 11.7. The second-order valence-corrected chi connectivity index (χ2v) is 6.95. The lowest BCUT2D eigenvalue weighted by atomic mass is 9.82. The van der Waals surface area contributed by atoms with E-state index in [0.717, 1.165) is 32.2 Å². The molecule has 106 valence electrons. The topological polar surface area (TPSA) is 49.3 Å². The summed E-state index contributed by atoms with van der Waals surface area (Å²) in [7, 11) is 0. The lowest BCUT2D eigenvalue weighted by Gasteiger charge is -2.27. The average molecular weight is 281 g/mol. The highest BCUT2D eigenvalue weighted by Crippen LogP contribution is 2.29. The van der Waals surface area contributed by atoms with E-state index in [4.69, 9.17) is 5.11 Å². The fourth-order valence-electron chi connectivity index (χ4n) is 2.74. The summed E-state index contributed by atoms with van der Waals surface area (Å²) in [6, 6.07) is 4.76. The highest BCUT2D eigenvalue weighted by atomic mass is 32.1. The molecule has 1 aliphatic carbocycles. The molecule has 2 rings (SSSR count). The smallest absolute Gasteiger partial charge is 0.306 e. The number of carboxylic acid groups (broad SMARTS) is 1. The number of aliphatic carboxylic acids is 1. The van der Waals surface area contributed by atoms with Crippen LogP contribution < -0.4 is 5.32 Å². The molecule has 0 bridgehead atoms. The molecule has 1 unspecified atom stereocenters. The Labute approximate surface area is 119 Å². The van der Waals surface area contributed by atoms with Crippen molar-refractivity contribution in [3.8, 4) is 0 Å². The minimum Gasteiger partial charge on any atom is -0.481 e. The van der Waals surface area contributed by atoms with Crippen molar-refractivity contribution in [3.63, 3.8) is 0 Å². The molecule has 2 N–H and O–H groups in total. The van der Waals surface area contributed by atoms with Gasteiger partial charge in [0.15, 0.2) is 0 Å². The lowest BCUT2D eigenvalue weighted by molar-refractivity contribution is -0.143. The summed E-state index contributed by atoms with van der Waals surface area (Å²) in [4.78, 5) is 13.6. The Hall–Kier alpha value is -0.870. The van der Waals surface area contributed by atoms with Gasteiger partial charge in [-0.3, -0.25) is 4.79 Å². The fourth-order valence-corrected chi connectivity index (χ4v) is 3.65. The Bertz CT molecular complexity index is 422. The monoisotopic (exact) mass is 281 g/mol. The number of nitrogens with one attached hydrogen (secondary N) is 1. The molecular formula is C15H23NO2S. The molecular weight excluding hydrogens is 258 g/mol. The highest BCUT2D eigenvalue weighted by molar-refractivity contribution is 7.12. The van der Waals surface area contributed by atoms with Crippen LogP contribution in [0.5, 0.6) is 0 Å². The molecule has 3 nitrogen and oxygen atoms in total. The van der Waals surface area contributed by atoms with Crippen LogP contribution in [0.4, 0.5) is 0 Å². The third kappa shape index (κ3) is 4.05. The summed E-state index contributed by atoms with van der Waals surface area (Å²) in [5.41, 5.74) is 0. The van der Waals surface area contributed by atoms with Crippen LogP contribution >= 0.6 is 11.3 Å². The Morgan fingerprint density at radius 1 is 1.42 bits per heavy atom. The second-order valence-electron chi connectivity index (χ2n) is 5.63. The van der Waals surface area contributed by atoms with E-state index >= 15 is 0 Å². The highest BCUT2D eigenvalue weighted by Gasteiger charge is 2.25. The quantitative estimate of drug-likeness (QED) is 0.867. The van der Waals surface area contributed by atoms with Crippen molar-refractivity contribution in [3.05, 3.63) is 21.9 Å². The SMILES string of the molecule is Cc1ccc(C(C)NCC2CCC(C(=O)O)CC2)s1. The largest absolute Gasteiger partial charge is 0.481 e. The minimum absolute atomic E-state index is 0.103. The van der Waals surface area contributed by atoms with Crippen LogP contribution in [0.3, 0.4) is 0 Å². The zero-order valence-corrected chi connectivity index (χ0v) is 12.5. The van der Waals surface area contributed by atoms with Gasteiger partial charge >= 0.3 is 5.97 Å². The molecule has 0 aromatic carbocycles. The van der Waals surface area contributed by atoms with E-state index in [1.165, 1.54) is 9.75 Å². The van der Waals surface area contributed by atoms with Crippen molar-refractivity contribution >= 4 is 17.3 Å². The van der Waals surface area contributed by atoms with Crippen LogP contribution in [0.2, 0.25) is 0 Å². The Morgan fingerprint density at radius 3 is 2.63 bits per heavy atom. The van der Waals surface area contributed by atoms with Gasteiger partial charge in [0, 0.05) is 15.8 Å². The van der Waals surface area contributed by atoms with E-state index in [1.54, 1.807) is 0 Å². The van der Waals surface area contributed by atoms with Gasteiger partial charge in [-0.2, -0.15) is 0 Å². The number of thiophene rings is 1. The van der Waals surface area contributed by atoms with Crippen LogP contribution in [0.1, 0.15) is 48.4 Å². The van der Waals surface area contributed by atoms with Gasteiger partial charge in [0.2, 0.25) is 0 Å². The van der Waals surface area contributed by atoms with Crippen molar-refractivity contribution in [2.45, 2.75) is 45.6 Å². The van der Waals surface area contributed by atoms with E-state index in [-0.39, 0.29) is 5.92 Å². The lowest BCUT2D eigenvalue weighted by Crippen LogP contribution is -2.30. The first-order valence-electron chi connectivity index (χ1n) is 7.08. The summed E-state index contributed by atoms with van der Waals surface area (Å²) < 4.78 is 0. The van der Waals surface area contributed by atoms with E-state index in [1.807, 2.05) is 11.3 Å². The molecule has 0 radical (unpaired) electrons. The maximum atomic E-state index is 10.9. The van der Waals surface area contributed by atoms with Gasteiger partial charge in [0.25, 0.3) is 0 Å². The molecule has 1 atom stereocenters. The Balaban J connectivity index is 1.73. The normalized spacial score (nSPS) is 25.2. The molecule has 19 heavy (non-hydrogen) atoms. The Morgan fingerprint density at radius 2 is 2.11 bits per heavy atom. The third-order valence-corrected chi connectivity index (χ3v) is 5.28. The van der Waals surface area contributed by atoms with Gasteiger partial charge in [0.05, 0.1) is 5.92 Å². The summed E-state index contributed by atoms with van der Waals surface area (Å²) in [6.07, 6.45) is 3.77. The molecule has 1 aromatic heterocycles. The van der Waals surface area contributed by atoms with Crippen molar-refractivity contribution in [1.29, 1.82) is 0 Å². The Kier molecular flexibility index (Phi) is 4.99. The number of hydrogen-bond donors (Lipinski definition) is 2. The van der Waals surface area contributed by atoms with Crippen LogP contribution in [-0.2, 0) is 4.79 Å². The van der Waals surface area contributed by atoms with Gasteiger partial charge in [-0.1, -0.05) is 0 Å². The van der Waals surface area contributed by atoms with Crippen LogP contribution in [-0.4, -0.2) is 17.6 Å². The molecule has 1 aliphatic rings. The maximum Gasteiger partial charge on any atom is 0.306 e. The van der Waals surface area contributed by atoms with Gasteiger partial charge in [-0.15, -0.1) is 11.3 Å². The number of carboxylic acids is 1. The van der Waals surface area contributed by atoms with Gasteiger partial charge in [0.1, 0.15) is 0 Å². The molecule has 0 aliphatic heterocycles. The summed E-state index contributed by atoms with van der Waals surface area (Å²) in [6.45, 7) is 5.34. The predicted octanol–water partition coefficient (Wildman–Crippen LogP) is 3.60. The number of aryl methyl sites for hydroxylation is 1. The molecule has 4 heteroatoms. The third-order valence-electron chi connectivity index (χ3n) is 4.10. The molecule has 1 fully saturated rings. The summed E-state index contributed by atoms with van der Waals surface area (Å²) >= 11 is 1.85. The van der Waals surface area contributed by atoms with Crippen molar-refractivity contribution < 1.29 is 9.90 Å². The molecule has 1 saturated carbocycles.